The van der Waals surface area contributed by atoms with Crippen molar-refractivity contribution >= 4 is 46.9 Å². The summed E-state index contributed by atoms with van der Waals surface area (Å²) in [5, 5.41) is 7.49. The zero-order chi connectivity index (χ0) is 20.8. The Balaban J connectivity index is 1.61. The van der Waals surface area contributed by atoms with Gasteiger partial charge in [0.15, 0.2) is 0 Å². The Labute approximate surface area is 178 Å². The molecule has 0 atom stereocenters. The summed E-state index contributed by atoms with van der Waals surface area (Å²) in [5.41, 5.74) is 5.49. The fourth-order valence-corrected chi connectivity index (χ4v) is 2.93. The highest BCUT2D eigenvalue weighted by molar-refractivity contribution is 6.43. The molecule has 0 aliphatic heterocycles. The van der Waals surface area contributed by atoms with Gasteiger partial charge in [0.25, 0.3) is 11.8 Å². The lowest BCUT2D eigenvalue weighted by Crippen LogP contribution is -2.18. The second-order valence-electron chi connectivity index (χ2n) is 6.19. The predicted octanol–water partition coefficient (Wildman–Crippen LogP) is 5.32. The number of hydrazone groups is 1. The van der Waals surface area contributed by atoms with E-state index in [0.29, 0.717) is 32.4 Å². The van der Waals surface area contributed by atoms with Crippen molar-refractivity contribution in [3.8, 4) is 0 Å². The molecule has 146 valence electrons. The van der Waals surface area contributed by atoms with Crippen LogP contribution in [0, 0.1) is 6.92 Å². The van der Waals surface area contributed by atoms with Crippen LogP contribution in [0.5, 0.6) is 0 Å². The van der Waals surface area contributed by atoms with Gasteiger partial charge in [0.05, 0.1) is 16.3 Å². The molecule has 0 radical (unpaired) electrons. The van der Waals surface area contributed by atoms with Gasteiger partial charge in [0.2, 0.25) is 0 Å². The zero-order valence-electron chi connectivity index (χ0n) is 15.4. The molecule has 0 saturated carbocycles. The summed E-state index contributed by atoms with van der Waals surface area (Å²) >= 11 is 12.0. The van der Waals surface area contributed by atoms with Gasteiger partial charge in [-0.3, -0.25) is 9.59 Å². The molecule has 0 unspecified atom stereocenters. The fourth-order valence-electron chi connectivity index (χ4n) is 2.58. The Morgan fingerprint density at radius 2 is 1.62 bits per heavy atom. The van der Waals surface area contributed by atoms with E-state index in [0.717, 1.165) is 5.56 Å². The first-order chi connectivity index (χ1) is 14.0. The van der Waals surface area contributed by atoms with Crippen LogP contribution in [0.1, 0.15) is 31.8 Å². The molecule has 0 spiro atoms. The summed E-state index contributed by atoms with van der Waals surface area (Å²) in [4.78, 5) is 24.6. The number of benzene rings is 3. The van der Waals surface area contributed by atoms with Crippen molar-refractivity contribution < 1.29 is 9.59 Å². The van der Waals surface area contributed by atoms with E-state index in [1.54, 1.807) is 48.5 Å². The van der Waals surface area contributed by atoms with Gasteiger partial charge in [0.1, 0.15) is 0 Å². The van der Waals surface area contributed by atoms with Crippen molar-refractivity contribution in [1.82, 2.24) is 5.43 Å². The minimum Gasteiger partial charge on any atom is -0.322 e. The molecule has 3 aromatic rings. The largest absolute Gasteiger partial charge is 0.322 e. The predicted molar refractivity (Wildman–Crippen MR) is 117 cm³/mol. The highest BCUT2D eigenvalue weighted by Gasteiger charge is 2.10. The standard InChI is InChI=1S/C22H17Cl2N3O2/c1-14-5-2-3-7-18(14)22(29)26-17-11-9-15(10-12-17)21(28)27-25-13-16-6-4-8-19(23)20(16)24/h2-13H,1H3,(H,26,29)(H,27,28)/b25-13+. The molecule has 7 heteroatoms. The molecule has 0 bridgehead atoms. The first-order valence-corrected chi connectivity index (χ1v) is 9.46. The Morgan fingerprint density at radius 1 is 0.897 bits per heavy atom. The van der Waals surface area contributed by atoms with E-state index in [1.165, 1.54) is 6.21 Å². The number of amides is 2. The third kappa shape index (κ3) is 5.22. The Morgan fingerprint density at radius 3 is 2.34 bits per heavy atom. The van der Waals surface area contributed by atoms with E-state index in [4.69, 9.17) is 23.2 Å². The smallest absolute Gasteiger partial charge is 0.271 e. The average Bonchev–Trinajstić information content (AvgIpc) is 2.72. The monoisotopic (exact) mass is 425 g/mol. The van der Waals surface area contributed by atoms with E-state index in [-0.39, 0.29) is 5.91 Å². The van der Waals surface area contributed by atoms with Crippen LogP contribution >= 0.6 is 23.2 Å². The molecular formula is C22H17Cl2N3O2. The minimum absolute atomic E-state index is 0.205. The number of nitrogens with zero attached hydrogens (tertiary/aromatic N) is 1. The zero-order valence-corrected chi connectivity index (χ0v) is 17.0. The van der Waals surface area contributed by atoms with Crippen LogP contribution in [0.25, 0.3) is 0 Å². The molecule has 3 aromatic carbocycles. The summed E-state index contributed by atoms with van der Waals surface area (Å²) in [5.74, 6) is -0.598. The van der Waals surface area contributed by atoms with E-state index in [1.807, 2.05) is 25.1 Å². The first kappa shape index (κ1) is 20.6. The Bertz CT molecular complexity index is 1080. The summed E-state index contributed by atoms with van der Waals surface area (Å²) in [7, 11) is 0. The maximum atomic E-state index is 12.4. The Hall–Kier alpha value is -3.15. The van der Waals surface area contributed by atoms with Crippen molar-refractivity contribution in [3.05, 3.63) is 99.0 Å². The highest BCUT2D eigenvalue weighted by Crippen LogP contribution is 2.24. The number of hydrogen-bond donors (Lipinski definition) is 2. The van der Waals surface area contributed by atoms with Gasteiger partial charge < -0.3 is 5.32 Å². The van der Waals surface area contributed by atoms with E-state index in [2.05, 4.69) is 15.8 Å². The third-order valence-electron chi connectivity index (χ3n) is 4.15. The molecule has 3 rings (SSSR count). The summed E-state index contributed by atoms with van der Waals surface area (Å²) in [6.45, 7) is 1.87. The fraction of sp³-hybridized carbons (Fsp3) is 0.0455. The van der Waals surface area contributed by atoms with E-state index in [9.17, 15) is 9.59 Å². The second kappa shape index (κ2) is 9.37. The second-order valence-corrected chi connectivity index (χ2v) is 6.97. The molecule has 0 fully saturated rings. The molecule has 0 heterocycles. The summed E-state index contributed by atoms with van der Waals surface area (Å²) in [6.07, 6.45) is 1.42. The summed E-state index contributed by atoms with van der Waals surface area (Å²) < 4.78 is 0. The third-order valence-corrected chi connectivity index (χ3v) is 4.98. The maximum absolute atomic E-state index is 12.4. The molecule has 0 saturated heterocycles. The van der Waals surface area contributed by atoms with Crippen LogP contribution in [0.15, 0.2) is 71.8 Å². The molecule has 29 heavy (non-hydrogen) atoms. The van der Waals surface area contributed by atoms with Gasteiger partial charge in [0, 0.05) is 22.4 Å². The molecule has 0 aliphatic carbocycles. The number of aryl methyl sites for hydroxylation is 1. The Kier molecular flexibility index (Phi) is 6.65. The number of nitrogens with one attached hydrogen (secondary N) is 2. The van der Waals surface area contributed by atoms with Gasteiger partial charge in [-0.2, -0.15) is 5.10 Å². The first-order valence-electron chi connectivity index (χ1n) is 8.70. The van der Waals surface area contributed by atoms with Crippen LogP contribution < -0.4 is 10.7 Å². The average molecular weight is 426 g/mol. The van der Waals surface area contributed by atoms with Crippen LogP contribution in [0.2, 0.25) is 10.0 Å². The molecule has 2 amide bonds. The van der Waals surface area contributed by atoms with Gasteiger partial charge in [-0.15, -0.1) is 0 Å². The van der Waals surface area contributed by atoms with Crippen molar-refractivity contribution in [3.63, 3.8) is 0 Å². The lowest BCUT2D eigenvalue weighted by molar-refractivity contribution is 0.0954. The number of carbonyl (C=O) groups is 2. The quantitative estimate of drug-likeness (QED) is 0.428. The minimum atomic E-state index is -0.392. The molecule has 0 aliphatic rings. The van der Waals surface area contributed by atoms with Crippen molar-refractivity contribution in [2.75, 3.05) is 5.32 Å². The van der Waals surface area contributed by atoms with Crippen LogP contribution in [0.4, 0.5) is 5.69 Å². The molecular weight excluding hydrogens is 409 g/mol. The van der Waals surface area contributed by atoms with Crippen LogP contribution in [0.3, 0.4) is 0 Å². The van der Waals surface area contributed by atoms with Gasteiger partial charge in [-0.05, 0) is 48.9 Å². The van der Waals surface area contributed by atoms with E-state index >= 15 is 0 Å². The van der Waals surface area contributed by atoms with Crippen LogP contribution in [-0.4, -0.2) is 18.0 Å². The van der Waals surface area contributed by atoms with E-state index < -0.39 is 5.91 Å². The number of carbonyl (C=O) groups excluding carboxylic acids is 2. The summed E-state index contributed by atoms with van der Waals surface area (Å²) in [6, 6.07) is 19.0. The van der Waals surface area contributed by atoms with Crippen molar-refractivity contribution in [2.45, 2.75) is 6.92 Å². The van der Waals surface area contributed by atoms with Gasteiger partial charge >= 0.3 is 0 Å². The number of rotatable bonds is 5. The van der Waals surface area contributed by atoms with Crippen LogP contribution in [-0.2, 0) is 0 Å². The highest BCUT2D eigenvalue weighted by atomic mass is 35.5. The van der Waals surface area contributed by atoms with Crippen molar-refractivity contribution in [1.29, 1.82) is 0 Å². The van der Waals surface area contributed by atoms with Gasteiger partial charge in [-0.25, -0.2) is 5.43 Å². The lowest BCUT2D eigenvalue weighted by atomic mass is 10.1. The normalized spacial score (nSPS) is 10.7. The topological polar surface area (TPSA) is 70.6 Å². The lowest BCUT2D eigenvalue weighted by Gasteiger charge is -2.08. The number of hydrogen-bond acceptors (Lipinski definition) is 3. The number of halogens is 2. The molecule has 2 N–H and O–H groups in total. The molecule has 5 nitrogen and oxygen atoms in total. The maximum Gasteiger partial charge on any atom is 0.271 e. The molecule has 0 aromatic heterocycles. The SMILES string of the molecule is Cc1ccccc1C(=O)Nc1ccc(C(=O)N/N=C/c2cccc(Cl)c2Cl)cc1. The van der Waals surface area contributed by atoms with Gasteiger partial charge in [-0.1, -0.05) is 53.5 Å². The number of anilines is 1. The van der Waals surface area contributed by atoms with Crippen molar-refractivity contribution in [2.24, 2.45) is 5.10 Å².